The van der Waals surface area contributed by atoms with Gasteiger partial charge in [0, 0.05) is 57.3 Å². The molecule has 5 aromatic rings. The highest BCUT2D eigenvalue weighted by Crippen LogP contribution is 2.35. The van der Waals surface area contributed by atoms with Gasteiger partial charge in [0.2, 0.25) is 23.7 Å². The number of carbonyl (C=O) groups is 3. The molecule has 4 unspecified atom stereocenters. The smallest absolute Gasteiger partial charge is 0.246 e. The number of sulfone groups is 1. The van der Waals surface area contributed by atoms with E-state index in [1.165, 1.54) is 11.1 Å². The van der Waals surface area contributed by atoms with Gasteiger partial charge in [-0.05, 0) is 87.9 Å². The number of hydrogen-bond acceptors (Lipinski definition) is 15. The number of hydrogen-bond donors (Lipinski definition) is 5. The first-order valence-corrected chi connectivity index (χ1v) is 27.7. The summed E-state index contributed by atoms with van der Waals surface area (Å²) in [6.45, 7) is 17.1. The van der Waals surface area contributed by atoms with Crippen molar-refractivity contribution in [3.63, 3.8) is 0 Å². The molecule has 2 saturated heterocycles. The van der Waals surface area contributed by atoms with Crippen molar-refractivity contribution in [1.29, 1.82) is 0 Å². The molecule has 17 nitrogen and oxygen atoms in total. The van der Waals surface area contributed by atoms with Crippen LogP contribution in [0.2, 0.25) is 5.02 Å². The molecule has 3 aromatic carbocycles. The summed E-state index contributed by atoms with van der Waals surface area (Å²) in [5.41, 5.74) is 6.12. The number of benzene rings is 3. The van der Waals surface area contributed by atoms with E-state index in [0.29, 0.717) is 23.5 Å². The summed E-state index contributed by atoms with van der Waals surface area (Å²) >= 11 is 8.05. The Kier molecular flexibility index (Phi) is 18.0. The van der Waals surface area contributed by atoms with Gasteiger partial charge in [0.25, 0.3) is 0 Å². The summed E-state index contributed by atoms with van der Waals surface area (Å²) in [5.74, 6) is 0.138. The monoisotopic (exact) mass is 1060 g/mol. The molecular formula is C53H69ClN10O7S2. The van der Waals surface area contributed by atoms with Gasteiger partial charge in [-0.3, -0.25) is 19.3 Å². The lowest BCUT2D eigenvalue weighted by molar-refractivity contribution is -0.144. The van der Waals surface area contributed by atoms with E-state index >= 15 is 0 Å². The van der Waals surface area contributed by atoms with Crippen molar-refractivity contribution in [3.05, 3.63) is 94.7 Å². The first-order chi connectivity index (χ1) is 34.7. The Bertz CT molecular complexity index is 2830. The fraction of sp³-hybridized carbons (Fsp3) is 0.472. The molecule has 0 aliphatic carbocycles. The third-order valence-corrected chi connectivity index (χ3v) is 16.9. The van der Waals surface area contributed by atoms with Crippen molar-refractivity contribution < 1.29 is 32.6 Å². The van der Waals surface area contributed by atoms with Crippen molar-refractivity contribution in [2.75, 3.05) is 61.9 Å². The van der Waals surface area contributed by atoms with E-state index in [1.807, 2.05) is 82.6 Å². The Labute approximate surface area is 438 Å². The number of halogens is 1. The van der Waals surface area contributed by atoms with E-state index in [-0.39, 0.29) is 64.8 Å². The van der Waals surface area contributed by atoms with Crippen LogP contribution in [-0.4, -0.2) is 126 Å². The van der Waals surface area contributed by atoms with Gasteiger partial charge in [-0.1, -0.05) is 75.2 Å². The molecule has 0 radical (unpaired) electrons. The third-order valence-electron chi connectivity index (χ3n) is 13.4. The molecule has 0 bridgehead atoms. The molecule has 7 rings (SSSR count). The summed E-state index contributed by atoms with van der Waals surface area (Å²) < 4.78 is 31.9. The summed E-state index contributed by atoms with van der Waals surface area (Å²) in [7, 11) is -1.98. The number of methoxy groups -OCH3 is 1. The van der Waals surface area contributed by atoms with Crippen LogP contribution in [-0.2, 0) is 24.2 Å². The lowest BCUT2D eigenvalue weighted by atomic mass is 9.85. The number of β-amino-alcohol motifs (C(OH)–C–C–N with tert-alkyl or cyclic N) is 1. The zero-order chi connectivity index (χ0) is 52.6. The van der Waals surface area contributed by atoms with Crippen LogP contribution in [0.3, 0.4) is 0 Å². The molecule has 0 saturated carbocycles. The van der Waals surface area contributed by atoms with Crippen LogP contribution in [0.25, 0.3) is 10.4 Å². The van der Waals surface area contributed by atoms with Crippen LogP contribution >= 0.6 is 22.9 Å². The lowest BCUT2D eigenvalue weighted by Crippen LogP contribution is -2.57. The maximum atomic E-state index is 14.2. The minimum Gasteiger partial charge on any atom is -0.494 e. The number of aliphatic hydroxyl groups is 1. The van der Waals surface area contributed by atoms with Gasteiger partial charge in [0.15, 0.2) is 15.7 Å². The summed E-state index contributed by atoms with van der Waals surface area (Å²) in [4.78, 5) is 62.0. The van der Waals surface area contributed by atoms with Crippen LogP contribution in [0.4, 0.5) is 28.8 Å². The molecule has 0 spiro atoms. The Morgan fingerprint density at radius 3 is 2.32 bits per heavy atom. The van der Waals surface area contributed by atoms with Gasteiger partial charge in [-0.15, -0.1) is 11.3 Å². The van der Waals surface area contributed by atoms with Gasteiger partial charge < -0.3 is 40.9 Å². The van der Waals surface area contributed by atoms with Crippen LogP contribution < -0.4 is 30.9 Å². The van der Waals surface area contributed by atoms with Crippen LogP contribution in [0.15, 0.2) is 83.3 Å². The molecule has 4 atom stereocenters. The number of nitrogens with zero attached hydrogens (tertiary/aromatic N) is 6. The average molecular weight is 1060 g/mol. The Morgan fingerprint density at radius 2 is 1.64 bits per heavy atom. The van der Waals surface area contributed by atoms with E-state index in [1.54, 1.807) is 56.6 Å². The number of ether oxygens (including phenoxy) is 1. The van der Waals surface area contributed by atoms with Gasteiger partial charge >= 0.3 is 0 Å². The minimum absolute atomic E-state index is 0.0130. The van der Waals surface area contributed by atoms with Crippen molar-refractivity contribution in [3.8, 4) is 16.2 Å². The second-order valence-corrected chi connectivity index (χ2v) is 23.9. The Morgan fingerprint density at radius 1 is 0.918 bits per heavy atom. The van der Waals surface area contributed by atoms with E-state index in [0.717, 1.165) is 73.0 Å². The zero-order valence-corrected chi connectivity index (χ0v) is 45.3. The second kappa shape index (κ2) is 24.0. The molecule has 3 amide bonds. The van der Waals surface area contributed by atoms with Crippen LogP contribution in [0.1, 0.15) is 90.9 Å². The molecule has 20 heteroatoms. The number of para-hydroxylation sites is 1. The van der Waals surface area contributed by atoms with Crippen molar-refractivity contribution in [1.82, 2.24) is 35.4 Å². The summed E-state index contributed by atoms with van der Waals surface area (Å²) in [6, 6.07) is 18.4. The highest BCUT2D eigenvalue weighted by Gasteiger charge is 2.44. The molecule has 4 heterocycles. The van der Waals surface area contributed by atoms with Crippen molar-refractivity contribution in [2.24, 2.45) is 5.41 Å². The van der Waals surface area contributed by atoms with E-state index in [2.05, 4.69) is 46.0 Å². The van der Waals surface area contributed by atoms with Crippen LogP contribution in [0.5, 0.6) is 5.75 Å². The molecule has 73 heavy (non-hydrogen) atoms. The van der Waals surface area contributed by atoms with Crippen molar-refractivity contribution >= 4 is 79.3 Å². The fourth-order valence-electron chi connectivity index (χ4n) is 9.09. The normalized spacial score (nSPS) is 17.3. The number of amides is 3. The number of likely N-dealkylation sites (tertiary alicyclic amines) is 1. The highest BCUT2D eigenvalue weighted by atomic mass is 35.5. The number of anilines is 5. The lowest BCUT2D eigenvalue weighted by Gasteiger charge is -2.36. The van der Waals surface area contributed by atoms with E-state index in [9.17, 15) is 27.9 Å². The SMILES string of the molecule is COc1cc(N2CCN(CCCCCC(=O)NC(C(=O)N3CC(O)CC3C(=O)NC(C)c3ccc(-c4scnc4C)cc3)C(C)(C)C)CC2)ccc1Nc1ncc(Cl)c(Nc2ccccc2S(=O)(=O)C(C)C)n1. The third kappa shape index (κ3) is 13.7. The number of rotatable bonds is 20. The van der Waals surface area contributed by atoms with Gasteiger partial charge in [-0.25, -0.2) is 18.4 Å². The topological polar surface area (TPSA) is 211 Å². The minimum atomic E-state index is -3.58. The van der Waals surface area contributed by atoms with E-state index < -0.39 is 38.7 Å². The number of aliphatic hydroxyl groups excluding tert-OH is 1. The number of aryl methyl sites for hydroxylation is 1. The molecule has 392 valence electrons. The quantitative estimate of drug-likeness (QED) is 0.0465. The molecule has 5 N–H and O–H groups in total. The first-order valence-electron chi connectivity index (χ1n) is 24.9. The summed E-state index contributed by atoms with van der Waals surface area (Å²) in [5, 5.41) is 22.7. The second-order valence-electron chi connectivity index (χ2n) is 20.1. The number of carbonyl (C=O) groups excluding carboxylic acids is 3. The van der Waals surface area contributed by atoms with Gasteiger partial charge in [-0.2, -0.15) is 4.98 Å². The summed E-state index contributed by atoms with van der Waals surface area (Å²) in [6.07, 6.45) is 3.42. The molecule has 2 aliphatic heterocycles. The highest BCUT2D eigenvalue weighted by molar-refractivity contribution is 7.92. The van der Waals surface area contributed by atoms with Gasteiger partial charge in [0.1, 0.15) is 22.9 Å². The molecule has 2 aromatic heterocycles. The number of nitrogens with one attached hydrogen (secondary N) is 4. The van der Waals surface area contributed by atoms with Crippen molar-refractivity contribution in [2.45, 2.75) is 115 Å². The van der Waals surface area contributed by atoms with Crippen LogP contribution in [0, 0.1) is 12.3 Å². The number of aromatic nitrogens is 3. The molecule has 2 aliphatic rings. The van der Waals surface area contributed by atoms with E-state index in [4.69, 9.17) is 16.3 Å². The molecule has 2 fully saturated rings. The predicted octanol–water partition coefficient (Wildman–Crippen LogP) is 8.29. The molecular weight excluding hydrogens is 988 g/mol. The zero-order valence-electron chi connectivity index (χ0n) is 42.9. The largest absolute Gasteiger partial charge is 0.494 e. The maximum Gasteiger partial charge on any atom is 0.246 e. The average Bonchev–Trinajstić information content (AvgIpc) is 3.99. The maximum absolute atomic E-state index is 14.2. The standard InChI is InChI=1S/C53H69ClN10O7S2/c1-33(2)73(69,70)45-15-12-11-14-42(45)58-49-40(54)30-55-52(61-49)59-41-22-21-38(28-44(41)71-8)63-26-24-62(25-27-63)23-13-9-10-16-46(66)60-48(53(5,6)7)51(68)64-31-39(65)29-43(64)50(67)57-34(3)36-17-19-37(20-18-36)47-35(4)56-32-72-47/h11-12,14-15,17-22,28,30,32-34,39,43,48,65H,9-10,13,16,23-27,29,31H2,1-8H3,(H,57,67)(H,60,66)(H2,55,58,59,61). The Hall–Kier alpha value is -5.86. The fourth-order valence-corrected chi connectivity index (χ4v) is 11.2. The number of thiazole rings is 1. The van der Waals surface area contributed by atoms with Gasteiger partial charge in [0.05, 0.1) is 63.1 Å². The first kappa shape index (κ1) is 54.9. The predicted molar refractivity (Wildman–Crippen MR) is 289 cm³/mol. The number of unbranched alkanes of at least 4 members (excludes halogenated alkanes) is 2. The Balaban J connectivity index is 0.849. The number of piperazine rings is 1.